The second-order valence-corrected chi connectivity index (χ2v) is 5.11. The summed E-state index contributed by atoms with van der Waals surface area (Å²) in [6, 6.07) is 3.96. The molecule has 80 valence electrons. The van der Waals surface area contributed by atoms with Crippen LogP contribution in [0, 0.1) is 0 Å². The maximum atomic E-state index is 11.8. The van der Waals surface area contributed by atoms with Gasteiger partial charge >= 0.3 is 0 Å². The van der Waals surface area contributed by atoms with Gasteiger partial charge in [0, 0.05) is 31.4 Å². The Kier molecular flexibility index (Phi) is 3.05. The van der Waals surface area contributed by atoms with Crippen LogP contribution in [0.2, 0.25) is 0 Å². The number of aromatic nitrogens is 1. The van der Waals surface area contributed by atoms with Crippen molar-refractivity contribution in [1.29, 1.82) is 0 Å². The standard InChI is InChI=1S/C11H13BrN2O/c1-8(12)11(15)14-6-4-10-9(7-14)3-2-5-13-10/h2-3,5,8H,4,6-7H2,1H3. The number of pyridine rings is 1. The third-order valence-corrected chi connectivity index (χ3v) is 3.01. The number of nitrogens with zero attached hydrogens (tertiary/aromatic N) is 2. The number of halogens is 1. The first-order valence-corrected chi connectivity index (χ1v) is 5.95. The molecule has 0 radical (unpaired) electrons. The van der Waals surface area contributed by atoms with E-state index < -0.39 is 0 Å². The fourth-order valence-electron chi connectivity index (χ4n) is 1.81. The molecule has 0 saturated carbocycles. The smallest absolute Gasteiger partial charge is 0.236 e. The van der Waals surface area contributed by atoms with Crippen molar-refractivity contribution in [1.82, 2.24) is 9.88 Å². The van der Waals surface area contributed by atoms with Gasteiger partial charge in [-0.1, -0.05) is 22.0 Å². The van der Waals surface area contributed by atoms with Gasteiger partial charge in [-0.2, -0.15) is 0 Å². The first-order chi connectivity index (χ1) is 7.18. The molecule has 0 fully saturated rings. The number of fused-ring (bicyclic) bond motifs is 1. The fourth-order valence-corrected chi connectivity index (χ4v) is 2.10. The SMILES string of the molecule is CC(Br)C(=O)N1CCc2ncccc2C1. The number of alkyl halides is 1. The van der Waals surface area contributed by atoms with E-state index in [0.717, 1.165) is 18.7 Å². The zero-order valence-electron chi connectivity index (χ0n) is 8.61. The van der Waals surface area contributed by atoms with Crippen molar-refractivity contribution in [2.24, 2.45) is 0 Å². The predicted molar refractivity (Wildman–Crippen MR) is 61.7 cm³/mol. The lowest BCUT2D eigenvalue weighted by atomic mass is 10.1. The molecule has 1 aromatic heterocycles. The molecule has 0 aliphatic carbocycles. The van der Waals surface area contributed by atoms with Gasteiger partial charge in [0.1, 0.15) is 0 Å². The van der Waals surface area contributed by atoms with Crippen molar-refractivity contribution in [3.63, 3.8) is 0 Å². The van der Waals surface area contributed by atoms with E-state index in [0.29, 0.717) is 6.54 Å². The van der Waals surface area contributed by atoms with Crippen molar-refractivity contribution in [2.45, 2.75) is 24.7 Å². The Balaban J connectivity index is 2.15. The second kappa shape index (κ2) is 4.31. The van der Waals surface area contributed by atoms with E-state index in [2.05, 4.69) is 20.9 Å². The zero-order valence-corrected chi connectivity index (χ0v) is 10.2. The predicted octanol–water partition coefficient (Wildman–Crippen LogP) is 1.75. The van der Waals surface area contributed by atoms with Crippen LogP contribution >= 0.6 is 15.9 Å². The summed E-state index contributed by atoms with van der Waals surface area (Å²) in [5.41, 5.74) is 2.30. The molecular weight excluding hydrogens is 256 g/mol. The van der Waals surface area contributed by atoms with Crippen LogP contribution in [0.25, 0.3) is 0 Å². The molecule has 0 bridgehead atoms. The summed E-state index contributed by atoms with van der Waals surface area (Å²) in [6.07, 6.45) is 2.67. The number of hydrogen-bond donors (Lipinski definition) is 0. The monoisotopic (exact) mass is 268 g/mol. The van der Waals surface area contributed by atoms with E-state index in [1.807, 2.05) is 30.2 Å². The maximum Gasteiger partial charge on any atom is 0.236 e. The molecule has 0 N–H and O–H groups in total. The lowest BCUT2D eigenvalue weighted by molar-refractivity contribution is -0.131. The molecule has 0 spiro atoms. The minimum Gasteiger partial charge on any atom is -0.337 e. The van der Waals surface area contributed by atoms with Crippen LogP contribution < -0.4 is 0 Å². The van der Waals surface area contributed by atoms with Crippen LogP contribution in [0.4, 0.5) is 0 Å². The number of carbonyl (C=O) groups is 1. The third kappa shape index (κ3) is 2.20. The van der Waals surface area contributed by atoms with Gasteiger partial charge in [0.05, 0.1) is 4.83 Å². The minimum atomic E-state index is -0.101. The summed E-state index contributed by atoms with van der Waals surface area (Å²) in [7, 11) is 0. The summed E-state index contributed by atoms with van der Waals surface area (Å²) in [5, 5.41) is 0. The summed E-state index contributed by atoms with van der Waals surface area (Å²) < 4.78 is 0. The maximum absolute atomic E-state index is 11.8. The summed E-state index contributed by atoms with van der Waals surface area (Å²) >= 11 is 3.31. The molecule has 1 atom stereocenters. The molecule has 0 aromatic carbocycles. The van der Waals surface area contributed by atoms with Gasteiger partial charge in [-0.05, 0) is 18.6 Å². The highest BCUT2D eigenvalue weighted by molar-refractivity contribution is 9.10. The summed E-state index contributed by atoms with van der Waals surface area (Å²) in [6.45, 7) is 3.33. The Morgan fingerprint density at radius 3 is 3.20 bits per heavy atom. The quantitative estimate of drug-likeness (QED) is 0.728. The van der Waals surface area contributed by atoms with Crippen molar-refractivity contribution < 1.29 is 4.79 Å². The molecule has 0 saturated heterocycles. The van der Waals surface area contributed by atoms with Crippen molar-refractivity contribution in [3.8, 4) is 0 Å². The van der Waals surface area contributed by atoms with Gasteiger partial charge < -0.3 is 4.90 Å². The van der Waals surface area contributed by atoms with Crippen molar-refractivity contribution in [2.75, 3.05) is 6.54 Å². The van der Waals surface area contributed by atoms with Gasteiger partial charge in [-0.25, -0.2) is 0 Å². The third-order valence-electron chi connectivity index (χ3n) is 2.62. The Morgan fingerprint density at radius 2 is 2.47 bits per heavy atom. The molecule has 1 aliphatic heterocycles. The largest absolute Gasteiger partial charge is 0.337 e. The molecule has 1 amide bonds. The molecule has 1 aliphatic rings. The lowest BCUT2D eigenvalue weighted by Gasteiger charge is -2.29. The minimum absolute atomic E-state index is 0.101. The Bertz CT molecular complexity index is 379. The van der Waals surface area contributed by atoms with E-state index in [9.17, 15) is 4.79 Å². The van der Waals surface area contributed by atoms with Gasteiger partial charge in [-0.3, -0.25) is 9.78 Å². The van der Waals surface area contributed by atoms with Crippen LogP contribution in [0.15, 0.2) is 18.3 Å². The van der Waals surface area contributed by atoms with Gasteiger partial charge in [0.25, 0.3) is 0 Å². The molecule has 1 aromatic rings. The fraction of sp³-hybridized carbons (Fsp3) is 0.455. The second-order valence-electron chi connectivity index (χ2n) is 3.74. The van der Waals surface area contributed by atoms with Crippen molar-refractivity contribution >= 4 is 21.8 Å². The normalized spacial score (nSPS) is 17.1. The number of rotatable bonds is 1. The molecule has 4 heteroatoms. The van der Waals surface area contributed by atoms with E-state index in [-0.39, 0.29) is 10.7 Å². The molecule has 2 rings (SSSR count). The molecule has 2 heterocycles. The molecule has 1 unspecified atom stereocenters. The van der Waals surface area contributed by atoms with Crippen molar-refractivity contribution in [3.05, 3.63) is 29.6 Å². The van der Waals surface area contributed by atoms with E-state index in [4.69, 9.17) is 0 Å². The van der Waals surface area contributed by atoms with Crippen LogP contribution in [0.3, 0.4) is 0 Å². The zero-order chi connectivity index (χ0) is 10.8. The van der Waals surface area contributed by atoms with E-state index in [1.165, 1.54) is 5.56 Å². The topological polar surface area (TPSA) is 33.2 Å². The average Bonchev–Trinajstić information content (AvgIpc) is 2.27. The molecule has 3 nitrogen and oxygen atoms in total. The highest BCUT2D eigenvalue weighted by Crippen LogP contribution is 2.18. The van der Waals surface area contributed by atoms with E-state index >= 15 is 0 Å². The highest BCUT2D eigenvalue weighted by atomic mass is 79.9. The average molecular weight is 269 g/mol. The van der Waals surface area contributed by atoms with Crippen LogP contribution in [0.1, 0.15) is 18.2 Å². The van der Waals surface area contributed by atoms with E-state index in [1.54, 1.807) is 0 Å². The molecule has 15 heavy (non-hydrogen) atoms. The summed E-state index contributed by atoms with van der Waals surface area (Å²) in [5.74, 6) is 0.157. The summed E-state index contributed by atoms with van der Waals surface area (Å²) in [4.78, 5) is 17.9. The number of hydrogen-bond acceptors (Lipinski definition) is 2. The molecular formula is C11H13BrN2O. The lowest BCUT2D eigenvalue weighted by Crippen LogP contribution is -2.39. The first kappa shape index (κ1) is 10.6. The van der Waals surface area contributed by atoms with Crippen LogP contribution in [-0.4, -0.2) is 27.2 Å². The Hall–Kier alpha value is -0.900. The Labute approximate surface area is 97.6 Å². The number of amides is 1. The van der Waals surface area contributed by atoms with Gasteiger partial charge in [0.2, 0.25) is 5.91 Å². The Morgan fingerprint density at radius 1 is 1.67 bits per heavy atom. The van der Waals surface area contributed by atoms with Crippen LogP contribution in [-0.2, 0) is 17.8 Å². The van der Waals surface area contributed by atoms with Gasteiger partial charge in [0.15, 0.2) is 0 Å². The van der Waals surface area contributed by atoms with Crippen LogP contribution in [0.5, 0.6) is 0 Å². The highest BCUT2D eigenvalue weighted by Gasteiger charge is 2.23. The first-order valence-electron chi connectivity index (χ1n) is 5.04. The number of carbonyl (C=O) groups excluding carboxylic acids is 1. The van der Waals surface area contributed by atoms with Gasteiger partial charge in [-0.15, -0.1) is 0 Å².